The smallest absolute Gasteiger partial charge is 0.234 e. The first-order valence-electron chi connectivity index (χ1n) is 9.59. The summed E-state index contributed by atoms with van der Waals surface area (Å²) >= 11 is 4.16. The van der Waals surface area contributed by atoms with Crippen LogP contribution in [0.4, 0.5) is 14.5 Å². The molecule has 11 heteroatoms. The number of carbonyl (C=O) groups is 1. The van der Waals surface area contributed by atoms with Crippen LogP contribution in [-0.2, 0) is 11.3 Å². The minimum Gasteiger partial charge on any atom is -0.493 e. The Morgan fingerprint density at radius 3 is 2.88 bits per heavy atom. The minimum absolute atomic E-state index is 0.0769. The van der Waals surface area contributed by atoms with Gasteiger partial charge in [0.2, 0.25) is 11.7 Å². The van der Waals surface area contributed by atoms with Crippen LogP contribution in [-0.4, -0.2) is 33.5 Å². The molecular formula is C22H17BrF2N4O3S. The van der Waals surface area contributed by atoms with Crippen molar-refractivity contribution in [3.8, 4) is 17.3 Å². The molecule has 33 heavy (non-hydrogen) atoms. The number of amides is 1. The van der Waals surface area contributed by atoms with E-state index in [1.54, 1.807) is 23.8 Å². The molecule has 4 rings (SSSR count). The van der Waals surface area contributed by atoms with Crippen LogP contribution in [0.25, 0.3) is 22.6 Å². The number of anilines is 1. The molecule has 0 unspecified atom stereocenters. The van der Waals surface area contributed by atoms with Gasteiger partial charge in [0.1, 0.15) is 5.82 Å². The lowest BCUT2D eigenvalue weighted by Crippen LogP contribution is -2.16. The van der Waals surface area contributed by atoms with E-state index in [1.807, 2.05) is 18.2 Å². The number of hydrogen-bond acceptors (Lipinski definition) is 6. The van der Waals surface area contributed by atoms with Gasteiger partial charge in [-0.2, -0.15) is 0 Å². The molecule has 0 atom stereocenters. The molecule has 2 aromatic carbocycles. The quantitative estimate of drug-likeness (QED) is 0.232. The van der Waals surface area contributed by atoms with Gasteiger partial charge in [-0.15, -0.1) is 16.8 Å². The van der Waals surface area contributed by atoms with Gasteiger partial charge in [-0.1, -0.05) is 30.0 Å². The molecular weight excluding hydrogens is 518 g/mol. The van der Waals surface area contributed by atoms with E-state index in [4.69, 9.17) is 9.15 Å². The molecule has 2 heterocycles. The van der Waals surface area contributed by atoms with Crippen molar-refractivity contribution < 1.29 is 22.7 Å². The van der Waals surface area contributed by atoms with Crippen LogP contribution in [0.3, 0.4) is 0 Å². The van der Waals surface area contributed by atoms with E-state index in [1.165, 1.54) is 0 Å². The van der Waals surface area contributed by atoms with Crippen LogP contribution in [0.15, 0.2) is 63.1 Å². The fourth-order valence-electron chi connectivity index (χ4n) is 3.15. The lowest BCUT2D eigenvalue weighted by molar-refractivity contribution is -0.113. The Morgan fingerprint density at radius 2 is 2.15 bits per heavy atom. The van der Waals surface area contributed by atoms with Gasteiger partial charge in [-0.05, 0) is 34.1 Å². The zero-order valence-corrected chi connectivity index (χ0v) is 19.7. The first kappa shape index (κ1) is 23.0. The Labute approximate surface area is 199 Å². The number of para-hydroxylation sites is 1. The lowest BCUT2D eigenvalue weighted by Gasteiger charge is -2.09. The Hall–Kier alpha value is -3.18. The van der Waals surface area contributed by atoms with E-state index in [0.29, 0.717) is 40.7 Å². The topological polar surface area (TPSA) is 82.2 Å². The lowest BCUT2D eigenvalue weighted by atomic mass is 10.2. The van der Waals surface area contributed by atoms with Crippen LogP contribution in [0.5, 0.6) is 5.75 Å². The highest BCUT2D eigenvalue weighted by atomic mass is 79.9. The number of carbonyl (C=O) groups excluding carboxylic acids is 1. The van der Waals surface area contributed by atoms with Crippen molar-refractivity contribution in [2.24, 2.45) is 0 Å². The van der Waals surface area contributed by atoms with Gasteiger partial charge in [0.15, 0.2) is 28.1 Å². The maximum absolute atomic E-state index is 14.0. The third kappa shape index (κ3) is 4.79. The summed E-state index contributed by atoms with van der Waals surface area (Å²) in [5.41, 5.74) is 0.454. The van der Waals surface area contributed by atoms with Crippen molar-refractivity contribution in [2.45, 2.75) is 11.7 Å². The number of hydrogen-bond donors (Lipinski definition) is 1. The zero-order valence-electron chi connectivity index (χ0n) is 17.3. The summed E-state index contributed by atoms with van der Waals surface area (Å²) in [6, 6.07) is 9.15. The number of ether oxygens (including phenoxy) is 1. The molecule has 0 fully saturated rings. The second-order valence-electron chi connectivity index (χ2n) is 6.78. The number of allylic oxidation sites excluding steroid dienone is 1. The number of fused-ring (bicyclic) bond motifs is 1. The van der Waals surface area contributed by atoms with E-state index < -0.39 is 17.5 Å². The molecule has 170 valence electrons. The van der Waals surface area contributed by atoms with Crippen LogP contribution >= 0.6 is 27.7 Å². The van der Waals surface area contributed by atoms with Gasteiger partial charge in [0.25, 0.3) is 0 Å². The molecule has 0 spiro atoms. The molecule has 0 saturated carbocycles. The van der Waals surface area contributed by atoms with Crippen LogP contribution in [0.1, 0.15) is 0 Å². The summed E-state index contributed by atoms with van der Waals surface area (Å²) in [6.45, 7) is 4.14. The van der Waals surface area contributed by atoms with Gasteiger partial charge in [-0.25, -0.2) is 8.78 Å². The van der Waals surface area contributed by atoms with Gasteiger partial charge >= 0.3 is 0 Å². The van der Waals surface area contributed by atoms with Gasteiger partial charge in [0.05, 0.1) is 18.6 Å². The standard InChI is InChI=1S/C22H17BrF2N4O3S/c1-3-7-29-21(17-8-12-5-4-6-16(31-2)20(12)32-17)27-28-22(29)33-11-18(30)26-19-14(23)9-13(24)10-15(19)25/h3-6,8-10H,1,7,11H2,2H3,(H,26,30). The van der Waals surface area contributed by atoms with E-state index >= 15 is 0 Å². The average molecular weight is 535 g/mol. The minimum atomic E-state index is -0.877. The molecule has 4 aromatic rings. The summed E-state index contributed by atoms with van der Waals surface area (Å²) in [7, 11) is 1.56. The number of rotatable bonds is 8. The van der Waals surface area contributed by atoms with Crippen molar-refractivity contribution in [3.63, 3.8) is 0 Å². The molecule has 0 aliphatic heterocycles. The third-order valence-corrected chi connectivity index (χ3v) is 6.17. The summed E-state index contributed by atoms with van der Waals surface area (Å²) in [4.78, 5) is 12.4. The number of thioether (sulfide) groups is 1. The van der Waals surface area contributed by atoms with Crippen molar-refractivity contribution in [3.05, 3.63) is 65.2 Å². The number of halogens is 3. The summed E-state index contributed by atoms with van der Waals surface area (Å²) in [5, 5.41) is 12.1. The average Bonchev–Trinajstić information content (AvgIpc) is 3.38. The monoisotopic (exact) mass is 534 g/mol. The van der Waals surface area contributed by atoms with Crippen molar-refractivity contribution >= 4 is 50.3 Å². The second kappa shape index (κ2) is 9.75. The van der Waals surface area contributed by atoms with Crippen molar-refractivity contribution in [2.75, 3.05) is 18.2 Å². The molecule has 1 N–H and O–H groups in total. The van der Waals surface area contributed by atoms with Gasteiger partial charge in [-0.3, -0.25) is 9.36 Å². The molecule has 0 saturated heterocycles. The van der Waals surface area contributed by atoms with Crippen LogP contribution in [0.2, 0.25) is 0 Å². The number of furan rings is 1. The number of benzene rings is 2. The van der Waals surface area contributed by atoms with E-state index in [2.05, 4.69) is 38.0 Å². The number of aromatic nitrogens is 3. The Kier molecular flexibility index (Phi) is 6.80. The molecule has 7 nitrogen and oxygen atoms in total. The summed E-state index contributed by atoms with van der Waals surface area (Å²) in [5.74, 6) is -0.654. The van der Waals surface area contributed by atoms with E-state index in [0.717, 1.165) is 23.2 Å². The molecule has 0 bridgehead atoms. The number of nitrogens with zero attached hydrogens (tertiary/aromatic N) is 3. The number of methoxy groups -OCH3 is 1. The molecule has 0 aliphatic rings. The van der Waals surface area contributed by atoms with Crippen LogP contribution in [0, 0.1) is 11.6 Å². The van der Waals surface area contributed by atoms with E-state index in [9.17, 15) is 13.6 Å². The number of nitrogens with one attached hydrogen (secondary N) is 1. The molecule has 2 aromatic heterocycles. The zero-order chi connectivity index (χ0) is 23.5. The normalized spacial score (nSPS) is 11.0. The predicted molar refractivity (Wildman–Crippen MR) is 125 cm³/mol. The van der Waals surface area contributed by atoms with Gasteiger partial charge < -0.3 is 14.5 Å². The summed E-state index contributed by atoms with van der Waals surface area (Å²) < 4.78 is 40.4. The SMILES string of the molecule is C=CCn1c(SCC(=O)Nc2c(F)cc(F)cc2Br)nnc1-c1cc2cccc(OC)c2o1. The third-order valence-electron chi connectivity index (χ3n) is 4.58. The van der Waals surface area contributed by atoms with Gasteiger partial charge in [0, 0.05) is 22.5 Å². The molecule has 0 radical (unpaired) electrons. The molecule has 0 aliphatic carbocycles. The first-order chi connectivity index (χ1) is 15.9. The van der Waals surface area contributed by atoms with Crippen LogP contribution < -0.4 is 10.1 Å². The highest BCUT2D eigenvalue weighted by Crippen LogP contribution is 2.34. The maximum atomic E-state index is 14.0. The fourth-order valence-corrected chi connectivity index (χ4v) is 4.40. The van der Waals surface area contributed by atoms with Crippen molar-refractivity contribution in [1.82, 2.24) is 14.8 Å². The molecule has 1 amide bonds. The van der Waals surface area contributed by atoms with Crippen molar-refractivity contribution in [1.29, 1.82) is 0 Å². The highest BCUT2D eigenvalue weighted by Gasteiger charge is 2.20. The Bertz CT molecular complexity index is 1330. The first-order valence-corrected chi connectivity index (χ1v) is 11.4. The highest BCUT2D eigenvalue weighted by molar-refractivity contribution is 9.10. The van der Waals surface area contributed by atoms with E-state index in [-0.39, 0.29) is 15.9 Å². The second-order valence-corrected chi connectivity index (χ2v) is 8.57. The Morgan fingerprint density at radius 1 is 1.33 bits per heavy atom. The Balaban J connectivity index is 1.55. The maximum Gasteiger partial charge on any atom is 0.234 e. The predicted octanol–water partition coefficient (Wildman–Crippen LogP) is 5.66. The summed E-state index contributed by atoms with van der Waals surface area (Å²) in [6.07, 6.45) is 1.67. The largest absolute Gasteiger partial charge is 0.493 e. The fraction of sp³-hybridized carbons (Fsp3) is 0.136.